The molecule has 1 rings (SSSR count). The Kier molecular flexibility index (Phi) is 7.82. The van der Waals surface area contributed by atoms with Crippen molar-refractivity contribution in [2.45, 2.75) is 46.2 Å². The Bertz CT molecular complexity index is 445. The lowest BCUT2D eigenvalue weighted by Gasteiger charge is -2.22. The van der Waals surface area contributed by atoms with Crippen LogP contribution in [0.3, 0.4) is 0 Å². The van der Waals surface area contributed by atoms with Crippen LogP contribution in [0.25, 0.3) is 0 Å². The Labute approximate surface area is 137 Å². The minimum Gasteiger partial charge on any atom is -0.492 e. The molecule has 0 aliphatic heterocycles. The Hall–Kier alpha value is -0.480. The van der Waals surface area contributed by atoms with Crippen molar-refractivity contribution in [1.29, 1.82) is 0 Å². The fourth-order valence-corrected chi connectivity index (χ4v) is 2.34. The summed E-state index contributed by atoms with van der Waals surface area (Å²) in [6.45, 7) is 11.0. The highest BCUT2D eigenvalue weighted by Crippen LogP contribution is 2.32. The van der Waals surface area contributed by atoms with Crippen molar-refractivity contribution in [3.8, 4) is 5.75 Å². The van der Waals surface area contributed by atoms with Gasteiger partial charge in [-0.3, -0.25) is 0 Å². The molecule has 0 unspecified atom stereocenters. The molecule has 0 aliphatic rings. The van der Waals surface area contributed by atoms with Gasteiger partial charge >= 0.3 is 0 Å². The van der Waals surface area contributed by atoms with Gasteiger partial charge in [-0.2, -0.15) is 0 Å². The van der Waals surface area contributed by atoms with Crippen LogP contribution in [0.1, 0.15) is 39.7 Å². The van der Waals surface area contributed by atoms with E-state index in [1.165, 1.54) is 0 Å². The number of nitrogens with one attached hydrogen (secondary N) is 1. The van der Waals surface area contributed by atoms with Gasteiger partial charge in [0.05, 0.1) is 11.6 Å². The van der Waals surface area contributed by atoms with Gasteiger partial charge < -0.3 is 14.8 Å². The van der Waals surface area contributed by atoms with Crippen molar-refractivity contribution in [3.63, 3.8) is 0 Å². The summed E-state index contributed by atoms with van der Waals surface area (Å²) in [4.78, 5) is 0. The van der Waals surface area contributed by atoms with E-state index in [-0.39, 0.29) is 5.54 Å². The Morgan fingerprint density at radius 2 is 1.86 bits per heavy atom. The van der Waals surface area contributed by atoms with Crippen LogP contribution >= 0.6 is 23.2 Å². The van der Waals surface area contributed by atoms with Crippen molar-refractivity contribution in [1.82, 2.24) is 5.32 Å². The number of halogens is 2. The zero-order valence-electron chi connectivity index (χ0n) is 13.3. The van der Waals surface area contributed by atoms with E-state index < -0.39 is 0 Å². The van der Waals surface area contributed by atoms with Gasteiger partial charge in [-0.05, 0) is 39.8 Å². The standard InChI is InChI=1S/C16H25Cl2NO2/c1-5-20-7-6-8-21-15-12(11-19-16(2,3)4)9-13(17)10-14(15)18/h9-10,19H,5-8,11H2,1-4H3. The molecule has 0 bridgehead atoms. The first-order valence-corrected chi connectivity index (χ1v) is 8.02. The molecule has 120 valence electrons. The van der Waals surface area contributed by atoms with Crippen LogP contribution in [0.15, 0.2) is 12.1 Å². The van der Waals surface area contributed by atoms with E-state index in [0.29, 0.717) is 35.6 Å². The molecule has 1 aromatic carbocycles. The molecule has 0 aliphatic carbocycles. The van der Waals surface area contributed by atoms with Gasteiger partial charge in [0.1, 0.15) is 5.75 Å². The van der Waals surface area contributed by atoms with Crippen molar-refractivity contribution in [3.05, 3.63) is 27.7 Å². The summed E-state index contributed by atoms with van der Waals surface area (Å²) in [7, 11) is 0. The number of rotatable bonds is 8. The van der Waals surface area contributed by atoms with Crippen LogP contribution < -0.4 is 10.1 Å². The van der Waals surface area contributed by atoms with Gasteiger partial charge in [-0.1, -0.05) is 23.2 Å². The first-order valence-electron chi connectivity index (χ1n) is 7.27. The molecule has 1 aromatic rings. The van der Waals surface area contributed by atoms with Crippen LogP contribution in [0.4, 0.5) is 0 Å². The number of hydrogen-bond donors (Lipinski definition) is 1. The molecular formula is C16H25Cl2NO2. The Morgan fingerprint density at radius 1 is 1.14 bits per heavy atom. The molecule has 0 fully saturated rings. The monoisotopic (exact) mass is 333 g/mol. The molecular weight excluding hydrogens is 309 g/mol. The van der Waals surface area contributed by atoms with E-state index in [1.54, 1.807) is 6.07 Å². The van der Waals surface area contributed by atoms with Crippen LogP contribution in [0, 0.1) is 0 Å². The highest BCUT2D eigenvalue weighted by molar-refractivity contribution is 6.35. The summed E-state index contributed by atoms with van der Waals surface area (Å²) < 4.78 is 11.1. The predicted octanol–water partition coefficient (Wildman–Crippen LogP) is 4.69. The summed E-state index contributed by atoms with van der Waals surface area (Å²) in [5.41, 5.74) is 0.986. The molecule has 21 heavy (non-hydrogen) atoms. The molecule has 5 heteroatoms. The van der Waals surface area contributed by atoms with Gasteiger partial charge in [0.2, 0.25) is 0 Å². The van der Waals surface area contributed by atoms with Crippen LogP contribution in [0.2, 0.25) is 10.0 Å². The van der Waals surface area contributed by atoms with E-state index in [9.17, 15) is 0 Å². The maximum absolute atomic E-state index is 6.26. The fourth-order valence-electron chi connectivity index (χ4n) is 1.75. The predicted molar refractivity (Wildman–Crippen MR) is 89.7 cm³/mol. The zero-order chi connectivity index (χ0) is 15.9. The van der Waals surface area contributed by atoms with E-state index in [4.69, 9.17) is 32.7 Å². The summed E-state index contributed by atoms with van der Waals surface area (Å²) in [6.07, 6.45) is 0.832. The normalized spacial score (nSPS) is 11.7. The first-order chi connectivity index (χ1) is 9.83. The lowest BCUT2D eigenvalue weighted by Crippen LogP contribution is -2.35. The SMILES string of the molecule is CCOCCCOc1c(Cl)cc(Cl)cc1CNC(C)(C)C. The third-order valence-electron chi connectivity index (χ3n) is 2.78. The van der Waals surface area contributed by atoms with Crippen molar-refractivity contribution >= 4 is 23.2 Å². The average Bonchev–Trinajstić information content (AvgIpc) is 2.37. The van der Waals surface area contributed by atoms with Crippen LogP contribution in [0.5, 0.6) is 5.75 Å². The van der Waals surface area contributed by atoms with Crippen molar-refractivity contribution in [2.75, 3.05) is 19.8 Å². The topological polar surface area (TPSA) is 30.5 Å². The second kappa shape index (κ2) is 8.84. The molecule has 1 N–H and O–H groups in total. The lowest BCUT2D eigenvalue weighted by atomic mass is 10.1. The van der Waals surface area contributed by atoms with E-state index in [0.717, 1.165) is 18.6 Å². The molecule has 0 amide bonds. The van der Waals surface area contributed by atoms with Gasteiger partial charge in [0.15, 0.2) is 0 Å². The summed E-state index contributed by atoms with van der Waals surface area (Å²) in [5, 5.41) is 4.59. The summed E-state index contributed by atoms with van der Waals surface area (Å²) in [5.74, 6) is 0.703. The first kappa shape index (κ1) is 18.6. The minimum atomic E-state index is 0.0149. The zero-order valence-corrected chi connectivity index (χ0v) is 14.8. The quantitative estimate of drug-likeness (QED) is 0.700. The number of ether oxygens (including phenoxy) is 2. The van der Waals surface area contributed by atoms with E-state index >= 15 is 0 Å². The second-order valence-electron chi connectivity index (χ2n) is 5.88. The number of hydrogen-bond acceptors (Lipinski definition) is 3. The molecule has 0 saturated heterocycles. The van der Waals surface area contributed by atoms with Gasteiger partial charge in [-0.15, -0.1) is 0 Å². The van der Waals surface area contributed by atoms with Crippen molar-refractivity contribution in [2.24, 2.45) is 0 Å². The van der Waals surface area contributed by atoms with E-state index in [2.05, 4.69) is 26.1 Å². The largest absolute Gasteiger partial charge is 0.492 e. The maximum Gasteiger partial charge on any atom is 0.142 e. The highest BCUT2D eigenvalue weighted by Gasteiger charge is 2.14. The third kappa shape index (κ3) is 7.37. The molecule has 0 heterocycles. The number of benzene rings is 1. The molecule has 0 atom stereocenters. The van der Waals surface area contributed by atoms with E-state index in [1.807, 2.05) is 13.0 Å². The van der Waals surface area contributed by atoms with Crippen molar-refractivity contribution < 1.29 is 9.47 Å². The third-order valence-corrected chi connectivity index (χ3v) is 3.28. The molecule has 0 spiro atoms. The molecule has 0 radical (unpaired) electrons. The van der Waals surface area contributed by atoms with Gasteiger partial charge in [-0.25, -0.2) is 0 Å². The summed E-state index contributed by atoms with van der Waals surface area (Å²) in [6, 6.07) is 3.60. The molecule has 0 aromatic heterocycles. The van der Waals surface area contributed by atoms with Crippen LogP contribution in [-0.4, -0.2) is 25.4 Å². The highest BCUT2D eigenvalue weighted by atomic mass is 35.5. The van der Waals surface area contributed by atoms with Crippen LogP contribution in [-0.2, 0) is 11.3 Å². The summed E-state index contributed by atoms with van der Waals surface area (Å²) >= 11 is 12.3. The maximum atomic E-state index is 6.26. The average molecular weight is 334 g/mol. The smallest absolute Gasteiger partial charge is 0.142 e. The fraction of sp³-hybridized carbons (Fsp3) is 0.625. The lowest BCUT2D eigenvalue weighted by molar-refractivity contribution is 0.130. The molecule has 3 nitrogen and oxygen atoms in total. The Morgan fingerprint density at radius 3 is 2.48 bits per heavy atom. The minimum absolute atomic E-state index is 0.0149. The second-order valence-corrected chi connectivity index (χ2v) is 6.72. The Balaban J connectivity index is 2.71. The molecule has 0 saturated carbocycles. The van der Waals surface area contributed by atoms with Gasteiger partial charge in [0, 0.05) is 42.3 Å². The van der Waals surface area contributed by atoms with Gasteiger partial charge in [0.25, 0.3) is 0 Å².